The van der Waals surface area contributed by atoms with E-state index in [9.17, 15) is 9.90 Å². The Kier molecular flexibility index (Phi) is 26.2. The third-order valence-corrected chi connectivity index (χ3v) is 6.68. The van der Waals surface area contributed by atoms with Gasteiger partial charge in [-0.2, -0.15) is 0 Å². The number of hydrogen-bond donors (Lipinski definition) is 2. The first-order valence-corrected chi connectivity index (χ1v) is 14.7. The topological polar surface area (TPSA) is 49.3 Å². The maximum absolute atomic E-state index is 11.9. The number of amides is 1. The van der Waals surface area contributed by atoms with E-state index in [2.05, 4.69) is 19.2 Å². The van der Waals surface area contributed by atoms with E-state index in [4.69, 9.17) is 0 Å². The monoisotopic (exact) mass is 453 g/mol. The zero-order chi connectivity index (χ0) is 23.5. The first-order valence-electron chi connectivity index (χ1n) is 14.7. The van der Waals surface area contributed by atoms with Crippen molar-refractivity contribution in [3.63, 3.8) is 0 Å². The molecule has 0 saturated carbocycles. The van der Waals surface area contributed by atoms with E-state index in [1.807, 2.05) is 0 Å². The minimum Gasteiger partial charge on any atom is -0.391 e. The van der Waals surface area contributed by atoms with Gasteiger partial charge < -0.3 is 10.4 Å². The van der Waals surface area contributed by atoms with Crippen LogP contribution in [0.1, 0.15) is 168 Å². The number of aliphatic hydroxyl groups is 1. The Morgan fingerprint density at radius 2 is 0.906 bits per heavy atom. The minimum atomic E-state index is -0.380. The fraction of sp³-hybridized carbons (Fsp3) is 0.966. The molecule has 0 rings (SSSR count). The van der Waals surface area contributed by atoms with Crippen molar-refractivity contribution in [2.24, 2.45) is 0 Å². The van der Waals surface area contributed by atoms with Crippen LogP contribution in [0.5, 0.6) is 0 Å². The van der Waals surface area contributed by atoms with Crippen LogP contribution in [0.2, 0.25) is 0 Å². The molecule has 1 atom stereocenters. The number of hydrogen-bond acceptors (Lipinski definition) is 2. The molecule has 0 unspecified atom stereocenters. The van der Waals surface area contributed by atoms with E-state index >= 15 is 0 Å². The number of rotatable bonds is 26. The van der Waals surface area contributed by atoms with E-state index in [0.717, 1.165) is 25.7 Å². The molecule has 0 aromatic heterocycles. The second-order valence-corrected chi connectivity index (χ2v) is 10.1. The second-order valence-electron chi connectivity index (χ2n) is 10.1. The number of carbonyl (C=O) groups excluding carboxylic acids is 1. The Balaban J connectivity index is 3.28. The van der Waals surface area contributed by atoms with Crippen molar-refractivity contribution >= 4 is 5.91 Å². The predicted octanol–water partition coefficient (Wildman–Crippen LogP) is 8.87. The van der Waals surface area contributed by atoms with Gasteiger partial charge in [-0.15, -0.1) is 0 Å². The first kappa shape index (κ1) is 31.4. The molecule has 0 aliphatic carbocycles. The maximum atomic E-state index is 11.9. The minimum absolute atomic E-state index is 0.109. The summed E-state index contributed by atoms with van der Waals surface area (Å²) in [7, 11) is 0. The van der Waals surface area contributed by atoms with Gasteiger partial charge in [-0.05, 0) is 12.8 Å². The van der Waals surface area contributed by atoms with Gasteiger partial charge in [0.25, 0.3) is 0 Å². The summed E-state index contributed by atoms with van der Waals surface area (Å²) in [4.78, 5) is 11.9. The highest BCUT2D eigenvalue weighted by Crippen LogP contribution is 2.14. The SMILES string of the molecule is CCCCCCCCCCCCCCC[C@H](O)CNC(=O)CCCCCCCCCCC. The molecule has 0 aliphatic heterocycles. The number of unbranched alkanes of at least 4 members (excludes halogenated alkanes) is 20. The van der Waals surface area contributed by atoms with Crippen molar-refractivity contribution in [3.05, 3.63) is 0 Å². The smallest absolute Gasteiger partial charge is 0.220 e. The molecule has 32 heavy (non-hydrogen) atoms. The predicted molar refractivity (Wildman–Crippen MR) is 141 cm³/mol. The molecular formula is C29H59NO2. The summed E-state index contributed by atoms with van der Waals surface area (Å²) in [5.41, 5.74) is 0. The van der Waals surface area contributed by atoms with Gasteiger partial charge in [-0.25, -0.2) is 0 Å². The van der Waals surface area contributed by atoms with Gasteiger partial charge in [-0.1, -0.05) is 149 Å². The number of aliphatic hydroxyl groups excluding tert-OH is 1. The van der Waals surface area contributed by atoms with Gasteiger partial charge in [0.1, 0.15) is 0 Å². The number of nitrogens with one attached hydrogen (secondary N) is 1. The lowest BCUT2D eigenvalue weighted by Crippen LogP contribution is -2.31. The first-order chi connectivity index (χ1) is 15.7. The largest absolute Gasteiger partial charge is 0.391 e. The summed E-state index contributed by atoms with van der Waals surface area (Å²) in [5, 5.41) is 13.0. The van der Waals surface area contributed by atoms with Crippen molar-refractivity contribution < 1.29 is 9.90 Å². The van der Waals surface area contributed by atoms with E-state index in [1.54, 1.807) is 0 Å². The highest BCUT2D eigenvalue weighted by Gasteiger charge is 2.07. The van der Waals surface area contributed by atoms with Crippen molar-refractivity contribution in [2.45, 2.75) is 174 Å². The fourth-order valence-corrected chi connectivity index (χ4v) is 4.42. The van der Waals surface area contributed by atoms with Crippen LogP contribution in [0, 0.1) is 0 Å². The third kappa shape index (κ3) is 25.7. The Bertz CT molecular complexity index is 372. The molecule has 0 bridgehead atoms. The summed E-state index contributed by atoms with van der Waals surface area (Å²) < 4.78 is 0. The number of carbonyl (C=O) groups is 1. The van der Waals surface area contributed by atoms with Crippen molar-refractivity contribution in [2.75, 3.05) is 6.54 Å². The lowest BCUT2D eigenvalue weighted by atomic mass is 10.0. The summed E-state index contributed by atoms with van der Waals surface area (Å²) in [6.45, 7) is 4.96. The van der Waals surface area contributed by atoms with E-state index in [-0.39, 0.29) is 12.0 Å². The van der Waals surface area contributed by atoms with Crippen molar-refractivity contribution in [3.8, 4) is 0 Å². The van der Waals surface area contributed by atoms with Gasteiger partial charge in [0.2, 0.25) is 5.91 Å². The fourth-order valence-electron chi connectivity index (χ4n) is 4.42. The Hall–Kier alpha value is -0.570. The van der Waals surface area contributed by atoms with Gasteiger partial charge >= 0.3 is 0 Å². The van der Waals surface area contributed by atoms with Crippen LogP contribution in [-0.4, -0.2) is 23.7 Å². The molecule has 192 valence electrons. The molecule has 0 radical (unpaired) electrons. The molecule has 3 nitrogen and oxygen atoms in total. The van der Waals surface area contributed by atoms with Gasteiger partial charge in [0.05, 0.1) is 6.10 Å². The van der Waals surface area contributed by atoms with Crippen LogP contribution in [0.4, 0.5) is 0 Å². The van der Waals surface area contributed by atoms with Crippen LogP contribution in [-0.2, 0) is 4.79 Å². The summed E-state index contributed by atoms with van der Waals surface area (Å²) in [5.74, 6) is 0.109. The van der Waals surface area contributed by atoms with E-state index in [0.29, 0.717) is 13.0 Å². The van der Waals surface area contributed by atoms with Crippen LogP contribution < -0.4 is 5.32 Å². The summed E-state index contributed by atoms with van der Waals surface area (Å²) in [6.07, 6.45) is 30.0. The lowest BCUT2D eigenvalue weighted by Gasteiger charge is -2.12. The Morgan fingerprint density at radius 1 is 0.562 bits per heavy atom. The van der Waals surface area contributed by atoms with Crippen LogP contribution in [0.25, 0.3) is 0 Å². The van der Waals surface area contributed by atoms with Crippen LogP contribution >= 0.6 is 0 Å². The molecule has 0 fully saturated rings. The van der Waals surface area contributed by atoms with Crippen molar-refractivity contribution in [1.29, 1.82) is 0 Å². The van der Waals surface area contributed by atoms with E-state index < -0.39 is 0 Å². The molecular weight excluding hydrogens is 394 g/mol. The zero-order valence-electron chi connectivity index (χ0n) is 22.1. The highest BCUT2D eigenvalue weighted by molar-refractivity contribution is 5.75. The average molecular weight is 454 g/mol. The van der Waals surface area contributed by atoms with Gasteiger partial charge in [0, 0.05) is 13.0 Å². The summed E-state index contributed by atoms with van der Waals surface area (Å²) >= 11 is 0. The Morgan fingerprint density at radius 3 is 1.31 bits per heavy atom. The molecule has 0 heterocycles. The van der Waals surface area contributed by atoms with Gasteiger partial charge in [-0.3, -0.25) is 4.79 Å². The molecule has 1 amide bonds. The zero-order valence-corrected chi connectivity index (χ0v) is 22.1. The van der Waals surface area contributed by atoms with Crippen LogP contribution in [0.15, 0.2) is 0 Å². The average Bonchev–Trinajstić information content (AvgIpc) is 2.79. The molecule has 0 spiro atoms. The second kappa shape index (κ2) is 26.7. The van der Waals surface area contributed by atoms with Crippen LogP contribution in [0.3, 0.4) is 0 Å². The van der Waals surface area contributed by atoms with Gasteiger partial charge in [0.15, 0.2) is 0 Å². The molecule has 0 aromatic carbocycles. The molecule has 0 aliphatic rings. The summed E-state index contributed by atoms with van der Waals surface area (Å²) in [6, 6.07) is 0. The maximum Gasteiger partial charge on any atom is 0.220 e. The highest BCUT2D eigenvalue weighted by atomic mass is 16.3. The van der Waals surface area contributed by atoms with E-state index in [1.165, 1.54) is 122 Å². The third-order valence-electron chi connectivity index (χ3n) is 6.68. The normalized spacial score (nSPS) is 12.2. The molecule has 3 heteroatoms. The quantitative estimate of drug-likeness (QED) is 0.128. The molecule has 0 saturated heterocycles. The molecule has 0 aromatic rings. The molecule has 2 N–H and O–H groups in total. The Labute approximate surface area is 201 Å². The lowest BCUT2D eigenvalue weighted by molar-refractivity contribution is -0.121. The van der Waals surface area contributed by atoms with Crippen molar-refractivity contribution in [1.82, 2.24) is 5.32 Å². The standard InChI is InChI=1S/C29H59NO2/c1-3-5-7-9-11-13-14-15-16-18-19-21-23-25-28(31)27-30-29(32)26-24-22-20-17-12-10-8-6-4-2/h28,31H,3-27H2,1-2H3,(H,30,32)/t28-/m0/s1.